The zero-order chi connectivity index (χ0) is 13.8. The molecule has 1 aliphatic rings. The fraction of sp³-hybridized carbons (Fsp3) is 0.500. The van der Waals surface area contributed by atoms with Gasteiger partial charge in [-0.25, -0.2) is 9.18 Å². The van der Waals surface area contributed by atoms with Crippen molar-refractivity contribution in [2.45, 2.75) is 37.8 Å². The molecule has 0 saturated heterocycles. The molecule has 2 N–H and O–H groups in total. The van der Waals surface area contributed by atoms with Crippen molar-refractivity contribution in [3.8, 4) is 0 Å². The highest BCUT2D eigenvalue weighted by molar-refractivity contribution is 5.89. The van der Waals surface area contributed by atoms with Gasteiger partial charge in [0.15, 0.2) is 0 Å². The Labute approximate surface area is 112 Å². The summed E-state index contributed by atoms with van der Waals surface area (Å²) in [5.74, 6) is -0.339. The molecular weight excluding hydrogens is 247 g/mol. The van der Waals surface area contributed by atoms with Crippen molar-refractivity contribution in [3.63, 3.8) is 0 Å². The molecule has 0 heterocycles. The number of hydrogen-bond acceptors (Lipinski definition) is 2. The van der Waals surface area contributed by atoms with E-state index in [4.69, 9.17) is 0 Å². The van der Waals surface area contributed by atoms with Gasteiger partial charge >= 0.3 is 6.03 Å². The number of urea groups is 1. The van der Waals surface area contributed by atoms with Crippen LogP contribution in [-0.2, 0) is 0 Å². The SMILES string of the molecule is CN(C(=O)Nc1ccc(F)cc1)C1CCCCC1O. The summed E-state index contributed by atoms with van der Waals surface area (Å²) in [6.45, 7) is 0. The number of rotatable bonds is 2. The van der Waals surface area contributed by atoms with Crippen molar-refractivity contribution in [1.29, 1.82) is 0 Å². The van der Waals surface area contributed by atoms with Crippen LogP contribution in [0, 0.1) is 5.82 Å². The molecule has 0 aliphatic heterocycles. The van der Waals surface area contributed by atoms with E-state index in [1.807, 2.05) is 0 Å². The van der Waals surface area contributed by atoms with E-state index in [1.165, 1.54) is 29.2 Å². The van der Waals surface area contributed by atoms with E-state index in [0.29, 0.717) is 5.69 Å². The van der Waals surface area contributed by atoms with Crippen LogP contribution in [0.15, 0.2) is 24.3 Å². The smallest absolute Gasteiger partial charge is 0.321 e. The van der Waals surface area contributed by atoms with Crippen molar-refractivity contribution >= 4 is 11.7 Å². The number of aliphatic hydroxyl groups is 1. The summed E-state index contributed by atoms with van der Waals surface area (Å²) < 4.78 is 12.8. The largest absolute Gasteiger partial charge is 0.391 e. The third-order valence-corrected chi connectivity index (χ3v) is 3.61. The van der Waals surface area contributed by atoms with E-state index in [2.05, 4.69) is 5.32 Å². The minimum Gasteiger partial charge on any atom is -0.391 e. The molecule has 1 fully saturated rings. The zero-order valence-electron chi connectivity index (χ0n) is 11.0. The van der Waals surface area contributed by atoms with Crippen LogP contribution < -0.4 is 5.32 Å². The molecule has 4 nitrogen and oxygen atoms in total. The minimum atomic E-state index is -0.460. The van der Waals surface area contributed by atoms with Crippen molar-refractivity contribution in [1.82, 2.24) is 4.90 Å². The minimum absolute atomic E-state index is 0.144. The molecule has 0 aromatic heterocycles. The Bertz CT molecular complexity index is 436. The van der Waals surface area contributed by atoms with E-state index in [1.54, 1.807) is 7.05 Å². The van der Waals surface area contributed by atoms with Gasteiger partial charge in [-0.05, 0) is 37.1 Å². The maximum absolute atomic E-state index is 12.8. The first kappa shape index (κ1) is 13.8. The van der Waals surface area contributed by atoms with Gasteiger partial charge in [-0.3, -0.25) is 0 Å². The van der Waals surface area contributed by atoms with E-state index in [-0.39, 0.29) is 17.9 Å². The maximum Gasteiger partial charge on any atom is 0.321 e. The predicted octanol–water partition coefficient (Wildman–Crippen LogP) is 2.59. The number of nitrogens with zero attached hydrogens (tertiary/aromatic N) is 1. The molecular formula is C14H19FN2O2. The summed E-state index contributed by atoms with van der Waals surface area (Å²) >= 11 is 0. The molecule has 0 bridgehead atoms. The quantitative estimate of drug-likeness (QED) is 0.864. The Balaban J connectivity index is 1.96. The van der Waals surface area contributed by atoms with Gasteiger partial charge in [0.25, 0.3) is 0 Å². The van der Waals surface area contributed by atoms with Gasteiger partial charge in [-0.15, -0.1) is 0 Å². The third-order valence-electron chi connectivity index (χ3n) is 3.61. The third kappa shape index (κ3) is 3.44. The van der Waals surface area contributed by atoms with Crippen LogP contribution in [0.5, 0.6) is 0 Å². The first-order chi connectivity index (χ1) is 9.08. The summed E-state index contributed by atoms with van der Waals surface area (Å²) in [7, 11) is 1.68. The number of amides is 2. The average Bonchev–Trinajstić information content (AvgIpc) is 2.41. The Morgan fingerprint density at radius 1 is 1.32 bits per heavy atom. The number of likely N-dealkylation sites (N-methyl/N-ethyl adjacent to an activating group) is 1. The van der Waals surface area contributed by atoms with Crippen molar-refractivity contribution < 1.29 is 14.3 Å². The maximum atomic E-state index is 12.8. The second kappa shape index (κ2) is 6.02. The lowest BCUT2D eigenvalue weighted by Gasteiger charge is -2.35. The predicted molar refractivity (Wildman–Crippen MR) is 71.4 cm³/mol. The number of benzene rings is 1. The Hall–Kier alpha value is -1.62. The highest BCUT2D eigenvalue weighted by Gasteiger charge is 2.29. The number of aliphatic hydroxyl groups excluding tert-OH is 1. The molecule has 0 spiro atoms. The lowest BCUT2D eigenvalue weighted by Crippen LogP contribution is -2.47. The molecule has 2 rings (SSSR count). The highest BCUT2D eigenvalue weighted by atomic mass is 19.1. The van der Waals surface area contributed by atoms with Gasteiger partial charge in [0.2, 0.25) is 0 Å². The molecule has 2 unspecified atom stereocenters. The molecule has 1 aliphatic carbocycles. The van der Waals surface area contributed by atoms with Crippen LogP contribution >= 0.6 is 0 Å². The van der Waals surface area contributed by atoms with Crippen LogP contribution in [0.4, 0.5) is 14.9 Å². The molecule has 2 amide bonds. The van der Waals surface area contributed by atoms with Gasteiger partial charge in [0.1, 0.15) is 5.82 Å². The summed E-state index contributed by atoms with van der Waals surface area (Å²) in [6, 6.07) is 5.19. The van der Waals surface area contributed by atoms with E-state index < -0.39 is 6.10 Å². The second-order valence-corrected chi connectivity index (χ2v) is 4.97. The lowest BCUT2D eigenvalue weighted by molar-refractivity contribution is 0.0494. The number of hydrogen-bond donors (Lipinski definition) is 2. The van der Waals surface area contributed by atoms with Crippen LogP contribution in [0.1, 0.15) is 25.7 Å². The molecule has 1 aromatic rings. The standard InChI is InChI=1S/C14H19FN2O2/c1-17(12-4-2-3-5-13(12)18)14(19)16-11-8-6-10(15)7-9-11/h6-9,12-13,18H,2-5H2,1H3,(H,16,19). The number of anilines is 1. The van der Waals surface area contributed by atoms with Crippen molar-refractivity contribution in [2.24, 2.45) is 0 Å². The average molecular weight is 266 g/mol. The molecule has 1 saturated carbocycles. The molecule has 0 radical (unpaired) electrons. The topological polar surface area (TPSA) is 52.6 Å². The Morgan fingerprint density at radius 2 is 1.95 bits per heavy atom. The summed E-state index contributed by atoms with van der Waals surface area (Å²) in [5.41, 5.74) is 0.545. The Kier molecular flexibility index (Phi) is 4.37. The van der Waals surface area contributed by atoms with Gasteiger partial charge in [-0.2, -0.15) is 0 Å². The van der Waals surface area contributed by atoms with E-state index in [0.717, 1.165) is 25.7 Å². The first-order valence-electron chi connectivity index (χ1n) is 6.55. The number of carbonyl (C=O) groups excluding carboxylic acids is 1. The molecule has 1 aromatic carbocycles. The number of nitrogens with one attached hydrogen (secondary N) is 1. The zero-order valence-corrected chi connectivity index (χ0v) is 11.0. The van der Waals surface area contributed by atoms with Gasteiger partial charge in [-0.1, -0.05) is 12.8 Å². The molecule has 104 valence electrons. The van der Waals surface area contributed by atoms with Crippen LogP contribution in [0.25, 0.3) is 0 Å². The number of carbonyl (C=O) groups is 1. The van der Waals surface area contributed by atoms with Crippen LogP contribution in [0.3, 0.4) is 0 Å². The summed E-state index contributed by atoms with van der Waals surface area (Å²) in [4.78, 5) is 13.6. The highest BCUT2D eigenvalue weighted by Crippen LogP contribution is 2.23. The van der Waals surface area contributed by atoms with Crippen LogP contribution in [-0.4, -0.2) is 35.2 Å². The van der Waals surface area contributed by atoms with E-state index in [9.17, 15) is 14.3 Å². The van der Waals surface area contributed by atoms with Gasteiger partial charge in [0.05, 0.1) is 12.1 Å². The fourth-order valence-corrected chi connectivity index (χ4v) is 2.44. The first-order valence-corrected chi connectivity index (χ1v) is 6.55. The molecule has 5 heteroatoms. The van der Waals surface area contributed by atoms with Gasteiger partial charge < -0.3 is 15.3 Å². The normalized spacial score (nSPS) is 22.9. The lowest BCUT2D eigenvalue weighted by atomic mass is 9.92. The fourth-order valence-electron chi connectivity index (χ4n) is 2.44. The van der Waals surface area contributed by atoms with E-state index >= 15 is 0 Å². The van der Waals surface area contributed by atoms with Crippen molar-refractivity contribution in [2.75, 3.05) is 12.4 Å². The monoisotopic (exact) mass is 266 g/mol. The summed E-state index contributed by atoms with van der Waals surface area (Å²) in [5, 5.41) is 12.6. The molecule has 2 atom stereocenters. The van der Waals surface area contributed by atoms with Crippen LogP contribution in [0.2, 0.25) is 0 Å². The second-order valence-electron chi connectivity index (χ2n) is 4.97. The summed E-state index contributed by atoms with van der Waals surface area (Å²) in [6.07, 6.45) is 3.12. The number of halogens is 1. The molecule has 19 heavy (non-hydrogen) atoms. The van der Waals surface area contributed by atoms with Gasteiger partial charge in [0, 0.05) is 12.7 Å². The Morgan fingerprint density at radius 3 is 2.58 bits per heavy atom. The van der Waals surface area contributed by atoms with Crippen molar-refractivity contribution in [3.05, 3.63) is 30.1 Å².